The highest BCUT2D eigenvalue weighted by molar-refractivity contribution is 5.78. The van der Waals surface area contributed by atoms with E-state index in [1.807, 2.05) is 30.5 Å². The van der Waals surface area contributed by atoms with Gasteiger partial charge in [0.15, 0.2) is 5.82 Å². The lowest BCUT2D eigenvalue weighted by Gasteiger charge is -2.10. The van der Waals surface area contributed by atoms with Crippen LogP contribution in [0.4, 0.5) is 0 Å². The Morgan fingerprint density at radius 1 is 0.444 bits per heavy atom. The van der Waals surface area contributed by atoms with Gasteiger partial charge in [0.2, 0.25) is 0 Å². The molecule has 2 heterocycles. The van der Waals surface area contributed by atoms with Crippen molar-refractivity contribution in [3.05, 3.63) is 120 Å². The first kappa shape index (κ1) is 21.8. The van der Waals surface area contributed by atoms with Gasteiger partial charge in [0.25, 0.3) is 0 Å². The number of aromatic nitrogens is 4. The first-order valence-corrected chi connectivity index (χ1v) is 12.0. The molecular formula is C32H24N4. The van der Waals surface area contributed by atoms with Crippen molar-refractivity contribution in [3.63, 3.8) is 0 Å². The van der Waals surface area contributed by atoms with Crippen molar-refractivity contribution in [2.24, 2.45) is 0 Å². The molecule has 0 spiro atoms. The van der Waals surface area contributed by atoms with E-state index >= 15 is 0 Å². The number of para-hydroxylation sites is 2. The molecule has 2 aromatic heterocycles. The Morgan fingerprint density at radius 2 is 0.917 bits per heavy atom. The number of rotatable bonds is 4. The Kier molecular flexibility index (Phi) is 5.55. The van der Waals surface area contributed by atoms with Gasteiger partial charge in [0.05, 0.1) is 34.3 Å². The maximum absolute atomic E-state index is 4.95. The van der Waals surface area contributed by atoms with Crippen LogP contribution in [-0.4, -0.2) is 19.9 Å². The highest BCUT2D eigenvalue weighted by Gasteiger charge is 2.11. The fourth-order valence-corrected chi connectivity index (χ4v) is 4.21. The molecule has 172 valence electrons. The Labute approximate surface area is 210 Å². The Hall–Kier alpha value is -4.70. The molecule has 0 unspecified atom stereocenters. The molecule has 4 heteroatoms. The van der Waals surface area contributed by atoms with Gasteiger partial charge >= 0.3 is 0 Å². The maximum atomic E-state index is 4.95. The molecule has 0 aliphatic carbocycles. The third-order valence-electron chi connectivity index (χ3n) is 6.31. The zero-order valence-corrected chi connectivity index (χ0v) is 20.2. The van der Waals surface area contributed by atoms with Gasteiger partial charge in [-0.3, -0.25) is 4.98 Å². The van der Waals surface area contributed by atoms with Gasteiger partial charge in [-0.2, -0.15) is 0 Å². The molecule has 0 saturated carbocycles. The van der Waals surface area contributed by atoms with E-state index in [4.69, 9.17) is 15.0 Å². The third-order valence-corrected chi connectivity index (χ3v) is 6.31. The average Bonchev–Trinajstić information content (AvgIpc) is 2.93. The molecule has 36 heavy (non-hydrogen) atoms. The first-order chi connectivity index (χ1) is 17.6. The van der Waals surface area contributed by atoms with Crippen molar-refractivity contribution in [2.45, 2.75) is 13.8 Å². The van der Waals surface area contributed by atoms with Crippen LogP contribution in [0, 0.1) is 13.8 Å². The lowest BCUT2D eigenvalue weighted by atomic mass is 10.0. The van der Waals surface area contributed by atoms with Crippen molar-refractivity contribution < 1.29 is 0 Å². The molecule has 4 nitrogen and oxygen atoms in total. The molecular weight excluding hydrogens is 440 g/mol. The highest BCUT2D eigenvalue weighted by atomic mass is 14.9. The SMILES string of the molecule is Cc1ccc(-c2cc(-c3ccc(C)cc3)nc(-c3ccc(-c4cnc5ccccc5n4)cc3)n2)cc1. The van der Waals surface area contributed by atoms with Crippen molar-refractivity contribution in [3.8, 4) is 45.2 Å². The number of nitrogens with zero attached hydrogens (tertiary/aromatic N) is 4. The summed E-state index contributed by atoms with van der Waals surface area (Å²) in [5.41, 5.74) is 11.0. The summed E-state index contributed by atoms with van der Waals surface area (Å²) in [5.74, 6) is 0.694. The summed E-state index contributed by atoms with van der Waals surface area (Å²) in [5, 5.41) is 0. The van der Waals surface area contributed by atoms with Gasteiger partial charge in [-0.15, -0.1) is 0 Å². The predicted octanol–water partition coefficient (Wildman–Crippen LogP) is 7.70. The van der Waals surface area contributed by atoms with Crippen LogP contribution in [0.5, 0.6) is 0 Å². The molecule has 0 amide bonds. The van der Waals surface area contributed by atoms with Crippen molar-refractivity contribution in [1.82, 2.24) is 19.9 Å². The number of fused-ring (bicyclic) bond motifs is 1. The third kappa shape index (κ3) is 4.37. The molecule has 6 rings (SSSR count). The lowest BCUT2D eigenvalue weighted by Crippen LogP contribution is -1.96. The maximum Gasteiger partial charge on any atom is 0.160 e. The minimum atomic E-state index is 0.694. The van der Waals surface area contributed by atoms with E-state index in [0.29, 0.717) is 5.82 Å². The average molecular weight is 465 g/mol. The van der Waals surface area contributed by atoms with E-state index < -0.39 is 0 Å². The van der Waals surface area contributed by atoms with E-state index in [0.717, 1.165) is 50.4 Å². The molecule has 0 radical (unpaired) electrons. The predicted molar refractivity (Wildman–Crippen MR) is 146 cm³/mol. The largest absolute Gasteiger partial charge is 0.252 e. The van der Waals surface area contributed by atoms with E-state index in [1.54, 1.807) is 0 Å². The lowest BCUT2D eigenvalue weighted by molar-refractivity contribution is 1.18. The molecule has 4 aromatic carbocycles. The smallest absolute Gasteiger partial charge is 0.160 e. The van der Waals surface area contributed by atoms with E-state index in [2.05, 4.69) is 97.7 Å². The highest BCUT2D eigenvalue weighted by Crippen LogP contribution is 2.29. The van der Waals surface area contributed by atoms with Gasteiger partial charge in [-0.25, -0.2) is 15.0 Å². The van der Waals surface area contributed by atoms with Gasteiger partial charge in [0.1, 0.15) is 0 Å². The van der Waals surface area contributed by atoms with E-state index in [1.165, 1.54) is 11.1 Å². The quantitative estimate of drug-likeness (QED) is 0.268. The van der Waals surface area contributed by atoms with Crippen molar-refractivity contribution >= 4 is 11.0 Å². The minimum Gasteiger partial charge on any atom is -0.252 e. The summed E-state index contributed by atoms with van der Waals surface area (Å²) >= 11 is 0. The fourth-order valence-electron chi connectivity index (χ4n) is 4.21. The van der Waals surface area contributed by atoms with Crippen LogP contribution in [0.2, 0.25) is 0 Å². The van der Waals surface area contributed by atoms with Crippen LogP contribution >= 0.6 is 0 Å². The van der Waals surface area contributed by atoms with Crippen LogP contribution in [0.1, 0.15) is 11.1 Å². The van der Waals surface area contributed by atoms with Gasteiger partial charge in [0, 0.05) is 22.3 Å². The Balaban J connectivity index is 1.42. The number of hydrogen-bond acceptors (Lipinski definition) is 4. The normalized spacial score (nSPS) is 11.1. The summed E-state index contributed by atoms with van der Waals surface area (Å²) in [4.78, 5) is 19.2. The molecule has 0 saturated heterocycles. The van der Waals surface area contributed by atoms with Crippen molar-refractivity contribution in [1.29, 1.82) is 0 Å². The van der Waals surface area contributed by atoms with Crippen LogP contribution in [0.15, 0.2) is 109 Å². The Morgan fingerprint density at radius 3 is 1.50 bits per heavy atom. The van der Waals surface area contributed by atoms with E-state index in [9.17, 15) is 0 Å². The molecule has 0 aliphatic rings. The zero-order valence-electron chi connectivity index (χ0n) is 20.2. The molecule has 6 aromatic rings. The summed E-state index contributed by atoms with van der Waals surface area (Å²) in [6, 6.07) is 35.1. The minimum absolute atomic E-state index is 0.694. The molecule has 0 aliphatic heterocycles. The molecule has 0 fully saturated rings. The number of aryl methyl sites for hydroxylation is 2. The topological polar surface area (TPSA) is 51.6 Å². The van der Waals surface area contributed by atoms with Gasteiger partial charge < -0.3 is 0 Å². The molecule has 0 bridgehead atoms. The second-order valence-corrected chi connectivity index (χ2v) is 9.02. The summed E-state index contributed by atoms with van der Waals surface area (Å²) in [6.07, 6.45) is 1.82. The Bertz CT molecular complexity index is 1610. The van der Waals surface area contributed by atoms with E-state index in [-0.39, 0.29) is 0 Å². The monoisotopic (exact) mass is 464 g/mol. The fraction of sp³-hybridized carbons (Fsp3) is 0.0625. The van der Waals surface area contributed by atoms with Crippen molar-refractivity contribution in [2.75, 3.05) is 0 Å². The summed E-state index contributed by atoms with van der Waals surface area (Å²) < 4.78 is 0. The standard InChI is InChI=1S/C32H24N4/c1-21-7-11-23(12-8-21)29-19-30(24-13-9-22(2)10-14-24)36-32(35-29)26-17-15-25(16-18-26)31-20-33-27-5-3-4-6-28(27)34-31/h3-20H,1-2H3. The molecule has 0 N–H and O–H groups in total. The van der Waals surface area contributed by atoms with Gasteiger partial charge in [-0.1, -0.05) is 96.1 Å². The second kappa shape index (κ2) is 9.16. The van der Waals surface area contributed by atoms with Crippen LogP contribution in [0.25, 0.3) is 56.2 Å². The van der Waals surface area contributed by atoms with Gasteiger partial charge in [-0.05, 0) is 32.0 Å². The first-order valence-electron chi connectivity index (χ1n) is 12.0. The van der Waals surface area contributed by atoms with Crippen LogP contribution in [0.3, 0.4) is 0 Å². The summed E-state index contributed by atoms with van der Waals surface area (Å²) in [7, 11) is 0. The van der Waals surface area contributed by atoms with Crippen LogP contribution < -0.4 is 0 Å². The number of hydrogen-bond donors (Lipinski definition) is 0. The van der Waals surface area contributed by atoms with Crippen LogP contribution in [-0.2, 0) is 0 Å². The zero-order chi connectivity index (χ0) is 24.5. The second-order valence-electron chi connectivity index (χ2n) is 9.02. The number of benzene rings is 4. The molecule has 0 atom stereocenters. The summed E-state index contributed by atoms with van der Waals surface area (Å²) in [6.45, 7) is 4.18.